The van der Waals surface area contributed by atoms with Crippen molar-refractivity contribution in [2.24, 2.45) is 5.73 Å². The minimum Gasteiger partial charge on any atom is -0.326 e. The van der Waals surface area contributed by atoms with E-state index in [4.69, 9.17) is 17.3 Å². The molecule has 0 aliphatic heterocycles. The Morgan fingerprint density at radius 3 is 2.68 bits per heavy atom. The van der Waals surface area contributed by atoms with Gasteiger partial charge >= 0.3 is 0 Å². The van der Waals surface area contributed by atoms with Crippen LogP contribution >= 0.6 is 11.6 Å². The quantitative estimate of drug-likeness (QED) is 0.902. The lowest BCUT2D eigenvalue weighted by Crippen LogP contribution is -2.14. The van der Waals surface area contributed by atoms with Crippen LogP contribution in [0, 0.1) is 6.92 Å². The minimum atomic E-state index is -0.188. The first-order chi connectivity index (χ1) is 9.10. The predicted molar refractivity (Wildman–Crippen MR) is 78.5 cm³/mol. The van der Waals surface area contributed by atoms with Crippen molar-refractivity contribution in [2.45, 2.75) is 13.5 Å². The maximum atomic E-state index is 12.2. The summed E-state index contributed by atoms with van der Waals surface area (Å²) in [7, 11) is 0. The van der Waals surface area contributed by atoms with Gasteiger partial charge in [-0.05, 0) is 42.3 Å². The van der Waals surface area contributed by atoms with Crippen LogP contribution in [0.15, 0.2) is 42.5 Å². The Balaban J connectivity index is 2.25. The van der Waals surface area contributed by atoms with E-state index in [1.165, 1.54) is 0 Å². The number of aryl methyl sites for hydroxylation is 1. The SMILES string of the molecule is Cc1cc(Cl)cc(C(=O)Nc2ccccc2CN)c1. The molecule has 0 heterocycles. The van der Waals surface area contributed by atoms with E-state index in [1.54, 1.807) is 12.1 Å². The summed E-state index contributed by atoms with van der Waals surface area (Å²) in [6.07, 6.45) is 0. The molecule has 3 N–H and O–H groups in total. The number of carbonyl (C=O) groups excluding carboxylic acids is 1. The molecule has 98 valence electrons. The highest BCUT2D eigenvalue weighted by molar-refractivity contribution is 6.31. The van der Waals surface area contributed by atoms with Crippen LogP contribution in [0.1, 0.15) is 21.5 Å². The summed E-state index contributed by atoms with van der Waals surface area (Å²) in [5.41, 5.74) is 8.76. The van der Waals surface area contributed by atoms with Gasteiger partial charge in [0.2, 0.25) is 0 Å². The zero-order chi connectivity index (χ0) is 13.8. The Morgan fingerprint density at radius 2 is 2.00 bits per heavy atom. The van der Waals surface area contributed by atoms with Crippen molar-refractivity contribution in [1.82, 2.24) is 0 Å². The molecule has 0 spiro atoms. The fourth-order valence-electron chi connectivity index (χ4n) is 1.88. The third-order valence-electron chi connectivity index (χ3n) is 2.79. The molecule has 1 amide bonds. The van der Waals surface area contributed by atoms with Crippen LogP contribution in [-0.2, 0) is 6.54 Å². The first-order valence-corrected chi connectivity index (χ1v) is 6.34. The lowest BCUT2D eigenvalue weighted by Gasteiger charge is -2.10. The van der Waals surface area contributed by atoms with E-state index in [9.17, 15) is 4.79 Å². The van der Waals surface area contributed by atoms with Gasteiger partial charge in [-0.2, -0.15) is 0 Å². The normalized spacial score (nSPS) is 10.3. The third-order valence-corrected chi connectivity index (χ3v) is 3.01. The van der Waals surface area contributed by atoms with Gasteiger partial charge in [0.25, 0.3) is 5.91 Å². The molecule has 0 unspecified atom stereocenters. The maximum absolute atomic E-state index is 12.2. The average molecular weight is 275 g/mol. The Kier molecular flexibility index (Phi) is 4.20. The third kappa shape index (κ3) is 3.34. The molecule has 0 bridgehead atoms. The number of benzene rings is 2. The Hall–Kier alpha value is -1.84. The molecule has 0 atom stereocenters. The van der Waals surface area contributed by atoms with Gasteiger partial charge in [-0.25, -0.2) is 0 Å². The summed E-state index contributed by atoms with van der Waals surface area (Å²) < 4.78 is 0. The standard InChI is InChI=1S/C15H15ClN2O/c1-10-6-12(8-13(16)7-10)15(19)18-14-5-3-2-4-11(14)9-17/h2-8H,9,17H2,1H3,(H,18,19). The first-order valence-electron chi connectivity index (χ1n) is 5.96. The van der Waals surface area contributed by atoms with E-state index in [0.717, 1.165) is 16.8 Å². The highest BCUT2D eigenvalue weighted by Gasteiger charge is 2.09. The molecule has 0 aliphatic rings. The molecule has 2 aromatic rings. The van der Waals surface area contributed by atoms with E-state index in [1.807, 2.05) is 37.3 Å². The fraction of sp³-hybridized carbons (Fsp3) is 0.133. The number of carbonyl (C=O) groups is 1. The van der Waals surface area contributed by atoms with Crippen molar-refractivity contribution in [1.29, 1.82) is 0 Å². The summed E-state index contributed by atoms with van der Waals surface area (Å²) in [6.45, 7) is 2.28. The second-order valence-corrected chi connectivity index (χ2v) is 4.77. The second-order valence-electron chi connectivity index (χ2n) is 4.33. The first kappa shape index (κ1) is 13.6. The van der Waals surface area contributed by atoms with Crippen LogP contribution in [0.5, 0.6) is 0 Å². The Labute approximate surface area is 117 Å². The van der Waals surface area contributed by atoms with Crippen LogP contribution in [0.2, 0.25) is 5.02 Å². The number of hydrogen-bond donors (Lipinski definition) is 2. The van der Waals surface area contributed by atoms with Crippen molar-refractivity contribution in [3.63, 3.8) is 0 Å². The van der Waals surface area contributed by atoms with E-state index in [2.05, 4.69) is 5.32 Å². The van der Waals surface area contributed by atoms with Crippen molar-refractivity contribution < 1.29 is 4.79 Å². The van der Waals surface area contributed by atoms with Gasteiger partial charge in [-0.1, -0.05) is 29.8 Å². The number of nitrogens with two attached hydrogens (primary N) is 1. The molecule has 0 radical (unpaired) electrons. The van der Waals surface area contributed by atoms with Gasteiger partial charge in [0, 0.05) is 22.8 Å². The minimum absolute atomic E-state index is 0.188. The number of rotatable bonds is 3. The van der Waals surface area contributed by atoms with Crippen LogP contribution in [0.3, 0.4) is 0 Å². The number of nitrogens with one attached hydrogen (secondary N) is 1. The summed E-state index contributed by atoms with van der Waals surface area (Å²) in [6, 6.07) is 12.7. The topological polar surface area (TPSA) is 55.1 Å². The molecule has 0 aromatic heterocycles. The van der Waals surface area contributed by atoms with E-state index >= 15 is 0 Å². The highest BCUT2D eigenvalue weighted by Crippen LogP contribution is 2.18. The summed E-state index contributed by atoms with van der Waals surface area (Å²) in [5.74, 6) is -0.188. The Bertz CT molecular complexity index is 591. The summed E-state index contributed by atoms with van der Waals surface area (Å²) in [4.78, 5) is 12.2. The van der Waals surface area contributed by atoms with Gasteiger partial charge in [0.15, 0.2) is 0 Å². The molecule has 0 aliphatic carbocycles. The van der Waals surface area contributed by atoms with E-state index in [-0.39, 0.29) is 5.91 Å². The van der Waals surface area contributed by atoms with Gasteiger partial charge in [-0.3, -0.25) is 4.79 Å². The zero-order valence-electron chi connectivity index (χ0n) is 10.6. The van der Waals surface area contributed by atoms with Gasteiger partial charge in [0.1, 0.15) is 0 Å². The van der Waals surface area contributed by atoms with Gasteiger partial charge in [-0.15, -0.1) is 0 Å². The number of hydrogen-bond acceptors (Lipinski definition) is 2. The molecule has 19 heavy (non-hydrogen) atoms. The molecule has 0 saturated heterocycles. The molecular weight excluding hydrogens is 260 g/mol. The summed E-state index contributed by atoms with van der Waals surface area (Å²) in [5, 5.41) is 3.41. The lowest BCUT2D eigenvalue weighted by molar-refractivity contribution is 0.102. The largest absolute Gasteiger partial charge is 0.326 e. The van der Waals surface area contributed by atoms with Gasteiger partial charge in [0.05, 0.1) is 0 Å². The average Bonchev–Trinajstić information content (AvgIpc) is 2.38. The number of anilines is 1. The number of halogens is 1. The van der Waals surface area contributed by atoms with Crippen molar-refractivity contribution in [3.05, 3.63) is 64.2 Å². The Morgan fingerprint density at radius 1 is 1.26 bits per heavy atom. The van der Waals surface area contributed by atoms with Gasteiger partial charge < -0.3 is 11.1 Å². The van der Waals surface area contributed by atoms with E-state index in [0.29, 0.717) is 17.1 Å². The van der Waals surface area contributed by atoms with Crippen LogP contribution in [0.4, 0.5) is 5.69 Å². The van der Waals surface area contributed by atoms with Crippen LogP contribution in [-0.4, -0.2) is 5.91 Å². The van der Waals surface area contributed by atoms with Crippen LogP contribution < -0.4 is 11.1 Å². The molecule has 2 aromatic carbocycles. The zero-order valence-corrected chi connectivity index (χ0v) is 11.4. The molecular formula is C15H15ClN2O. The molecule has 3 nitrogen and oxygen atoms in total. The van der Waals surface area contributed by atoms with Crippen molar-refractivity contribution >= 4 is 23.2 Å². The second kappa shape index (κ2) is 5.87. The highest BCUT2D eigenvalue weighted by atomic mass is 35.5. The van der Waals surface area contributed by atoms with Crippen molar-refractivity contribution in [3.8, 4) is 0 Å². The lowest BCUT2D eigenvalue weighted by atomic mass is 10.1. The smallest absolute Gasteiger partial charge is 0.255 e. The van der Waals surface area contributed by atoms with Crippen LogP contribution in [0.25, 0.3) is 0 Å². The van der Waals surface area contributed by atoms with Crippen molar-refractivity contribution in [2.75, 3.05) is 5.32 Å². The molecule has 2 rings (SSSR count). The maximum Gasteiger partial charge on any atom is 0.255 e. The monoisotopic (exact) mass is 274 g/mol. The number of para-hydroxylation sites is 1. The fourth-order valence-corrected chi connectivity index (χ4v) is 2.17. The summed E-state index contributed by atoms with van der Waals surface area (Å²) >= 11 is 5.96. The molecule has 0 fully saturated rings. The predicted octanol–water partition coefficient (Wildman–Crippen LogP) is 3.36. The molecule has 0 saturated carbocycles. The number of amides is 1. The molecule has 4 heteroatoms. The van der Waals surface area contributed by atoms with E-state index < -0.39 is 0 Å².